The quantitative estimate of drug-likeness (QED) is 0.732. The van der Waals surface area contributed by atoms with Crippen LogP contribution in [0.1, 0.15) is 11.1 Å². The fraction of sp³-hybridized carbons (Fsp3) is 0.294. The van der Waals surface area contributed by atoms with E-state index in [-0.39, 0.29) is 13.1 Å². The average molecular weight is 353 g/mol. The molecule has 0 spiro atoms. The number of hydrogen-bond acceptors (Lipinski definition) is 4. The molecule has 0 amide bonds. The van der Waals surface area contributed by atoms with Crippen molar-refractivity contribution in [2.45, 2.75) is 13.1 Å². The van der Waals surface area contributed by atoms with Gasteiger partial charge in [0.2, 0.25) is 16.0 Å². The Bertz CT molecular complexity index is 696. The van der Waals surface area contributed by atoms with Crippen LogP contribution in [0.5, 0.6) is 11.5 Å². The summed E-state index contributed by atoms with van der Waals surface area (Å²) in [5, 5.41) is 0. The van der Waals surface area contributed by atoms with Crippen LogP contribution in [-0.2, 0) is 23.1 Å². The van der Waals surface area contributed by atoms with Gasteiger partial charge in [0.15, 0.2) is 0 Å². The minimum Gasteiger partial charge on any atom is -0.497 e. The SMILES string of the molecule is COc1ccc(CN(Cc2ccc(OC)cc2)S(=O)(=O)CF)cc1. The molecule has 0 aliphatic heterocycles. The molecule has 0 heterocycles. The van der Waals surface area contributed by atoms with Gasteiger partial charge in [-0.2, -0.15) is 4.31 Å². The van der Waals surface area contributed by atoms with E-state index in [1.165, 1.54) is 0 Å². The first-order valence-electron chi connectivity index (χ1n) is 7.28. The molecule has 0 unspecified atom stereocenters. The van der Waals surface area contributed by atoms with Gasteiger partial charge in [-0.05, 0) is 35.4 Å². The molecule has 0 atom stereocenters. The standard InChI is InChI=1S/C17H20FNO4S/c1-22-16-7-3-14(4-8-16)11-19(24(20,21)13-18)12-15-5-9-17(23-2)10-6-15/h3-10H,11-13H2,1-2H3. The van der Waals surface area contributed by atoms with Crippen LogP contribution in [0, 0.1) is 0 Å². The summed E-state index contributed by atoms with van der Waals surface area (Å²) in [5.74, 6) is 1.35. The zero-order valence-electron chi connectivity index (χ0n) is 13.6. The maximum atomic E-state index is 13.0. The molecule has 5 nitrogen and oxygen atoms in total. The molecule has 0 radical (unpaired) electrons. The van der Waals surface area contributed by atoms with Crippen molar-refractivity contribution < 1.29 is 22.3 Å². The smallest absolute Gasteiger partial charge is 0.244 e. The summed E-state index contributed by atoms with van der Waals surface area (Å²) in [6.07, 6.45) is 0. The summed E-state index contributed by atoms with van der Waals surface area (Å²) in [6, 6.07) is 12.6. The summed E-state index contributed by atoms with van der Waals surface area (Å²) < 4.78 is 48.4. The third-order valence-corrected chi connectivity index (χ3v) is 4.89. The van der Waals surface area contributed by atoms with Crippen molar-refractivity contribution in [1.29, 1.82) is 0 Å². The van der Waals surface area contributed by atoms with Crippen LogP contribution in [0.2, 0.25) is 0 Å². The number of nitrogens with zero attached hydrogens (tertiary/aromatic N) is 1. The second-order valence-electron chi connectivity index (χ2n) is 5.19. The van der Waals surface area contributed by atoms with Gasteiger partial charge in [0.25, 0.3) is 0 Å². The van der Waals surface area contributed by atoms with Gasteiger partial charge in [0.1, 0.15) is 11.5 Å². The molecule has 0 N–H and O–H groups in total. The Balaban J connectivity index is 2.20. The molecule has 2 aromatic rings. The number of rotatable bonds is 8. The summed E-state index contributed by atoms with van der Waals surface area (Å²) in [4.78, 5) is 0. The summed E-state index contributed by atoms with van der Waals surface area (Å²) in [6.45, 7) is 0.171. The first kappa shape index (κ1) is 18.2. The fourth-order valence-corrected chi connectivity index (χ4v) is 3.02. The van der Waals surface area contributed by atoms with Crippen molar-refractivity contribution >= 4 is 10.0 Å². The average Bonchev–Trinajstić information content (AvgIpc) is 2.62. The van der Waals surface area contributed by atoms with Gasteiger partial charge < -0.3 is 9.47 Å². The van der Waals surface area contributed by atoms with E-state index in [1.807, 2.05) is 0 Å². The van der Waals surface area contributed by atoms with Gasteiger partial charge >= 0.3 is 0 Å². The van der Waals surface area contributed by atoms with Gasteiger partial charge in [-0.3, -0.25) is 0 Å². The lowest BCUT2D eigenvalue weighted by Gasteiger charge is -2.21. The summed E-state index contributed by atoms with van der Waals surface area (Å²) in [7, 11) is -0.876. The van der Waals surface area contributed by atoms with Crippen LogP contribution in [0.3, 0.4) is 0 Å². The number of benzene rings is 2. The highest BCUT2D eigenvalue weighted by atomic mass is 32.2. The number of hydrogen-bond donors (Lipinski definition) is 0. The molecule has 2 rings (SSSR count). The monoisotopic (exact) mass is 353 g/mol. The molecule has 0 aromatic heterocycles. The topological polar surface area (TPSA) is 55.8 Å². The predicted molar refractivity (Wildman–Crippen MR) is 90.1 cm³/mol. The highest BCUT2D eigenvalue weighted by Gasteiger charge is 2.22. The second-order valence-corrected chi connectivity index (χ2v) is 7.08. The van der Waals surface area contributed by atoms with E-state index in [4.69, 9.17) is 9.47 Å². The molecular weight excluding hydrogens is 333 g/mol. The predicted octanol–water partition coefficient (Wildman–Crippen LogP) is 2.96. The molecule has 7 heteroatoms. The number of ether oxygens (including phenoxy) is 2. The minimum atomic E-state index is -3.98. The van der Waals surface area contributed by atoms with E-state index in [0.29, 0.717) is 11.5 Å². The van der Waals surface area contributed by atoms with Crippen molar-refractivity contribution in [3.63, 3.8) is 0 Å². The van der Waals surface area contributed by atoms with E-state index in [9.17, 15) is 12.8 Å². The van der Waals surface area contributed by atoms with Crippen LogP contribution in [0.4, 0.5) is 4.39 Å². The van der Waals surface area contributed by atoms with Gasteiger partial charge in [0, 0.05) is 13.1 Å². The largest absolute Gasteiger partial charge is 0.497 e. The molecule has 130 valence electrons. The maximum absolute atomic E-state index is 13.0. The van der Waals surface area contributed by atoms with Crippen LogP contribution in [0.25, 0.3) is 0 Å². The molecule has 0 fully saturated rings. The number of sulfonamides is 1. The molecule has 0 bridgehead atoms. The zero-order chi connectivity index (χ0) is 17.6. The Morgan fingerprint density at radius 3 is 1.50 bits per heavy atom. The van der Waals surface area contributed by atoms with Gasteiger partial charge in [-0.15, -0.1) is 0 Å². The first-order valence-corrected chi connectivity index (χ1v) is 8.89. The minimum absolute atomic E-state index is 0.0856. The lowest BCUT2D eigenvalue weighted by atomic mass is 10.2. The van der Waals surface area contributed by atoms with Crippen LogP contribution < -0.4 is 9.47 Å². The highest BCUT2D eigenvalue weighted by Crippen LogP contribution is 2.19. The molecule has 2 aromatic carbocycles. The highest BCUT2D eigenvalue weighted by molar-refractivity contribution is 7.88. The third kappa shape index (κ3) is 4.69. The van der Waals surface area contributed by atoms with E-state index in [2.05, 4.69) is 0 Å². The molecule has 24 heavy (non-hydrogen) atoms. The molecule has 0 saturated heterocycles. The lowest BCUT2D eigenvalue weighted by Crippen LogP contribution is -2.31. The first-order chi connectivity index (χ1) is 11.5. The van der Waals surface area contributed by atoms with Crippen LogP contribution >= 0.6 is 0 Å². The maximum Gasteiger partial charge on any atom is 0.244 e. The van der Waals surface area contributed by atoms with Gasteiger partial charge in [-0.25, -0.2) is 12.8 Å². The Hall–Kier alpha value is -2.12. The zero-order valence-corrected chi connectivity index (χ0v) is 14.4. The Kier molecular flexibility index (Phi) is 6.16. The van der Waals surface area contributed by atoms with Crippen molar-refractivity contribution in [3.05, 3.63) is 59.7 Å². The number of halogens is 1. The van der Waals surface area contributed by atoms with E-state index in [1.54, 1.807) is 62.8 Å². The van der Waals surface area contributed by atoms with Crippen molar-refractivity contribution in [1.82, 2.24) is 4.31 Å². The van der Waals surface area contributed by atoms with Crippen molar-refractivity contribution in [2.75, 3.05) is 20.2 Å². The second kappa shape index (κ2) is 8.12. The number of methoxy groups -OCH3 is 2. The summed E-state index contributed by atoms with van der Waals surface area (Å²) in [5.41, 5.74) is 1.50. The molecule has 0 saturated carbocycles. The van der Waals surface area contributed by atoms with E-state index >= 15 is 0 Å². The third-order valence-electron chi connectivity index (χ3n) is 3.57. The van der Waals surface area contributed by atoms with Crippen molar-refractivity contribution in [3.8, 4) is 11.5 Å². The van der Waals surface area contributed by atoms with Crippen molar-refractivity contribution in [2.24, 2.45) is 0 Å². The van der Waals surface area contributed by atoms with Crippen LogP contribution in [0.15, 0.2) is 48.5 Å². The van der Waals surface area contributed by atoms with E-state index in [0.717, 1.165) is 15.4 Å². The molecule has 0 aliphatic carbocycles. The fourth-order valence-electron chi connectivity index (χ4n) is 2.19. The normalized spacial score (nSPS) is 11.5. The van der Waals surface area contributed by atoms with Gasteiger partial charge in [-0.1, -0.05) is 24.3 Å². The Labute approximate surface area is 141 Å². The number of alkyl halides is 1. The summed E-state index contributed by atoms with van der Waals surface area (Å²) >= 11 is 0. The molecule has 0 aliphatic rings. The lowest BCUT2D eigenvalue weighted by molar-refractivity contribution is 0.384. The Morgan fingerprint density at radius 1 is 0.833 bits per heavy atom. The molecular formula is C17H20FNO4S. The Morgan fingerprint density at radius 2 is 1.21 bits per heavy atom. The van der Waals surface area contributed by atoms with E-state index < -0.39 is 16.0 Å². The van der Waals surface area contributed by atoms with Gasteiger partial charge in [0.05, 0.1) is 14.2 Å². The van der Waals surface area contributed by atoms with Crippen LogP contribution in [-0.4, -0.2) is 32.9 Å².